The number of aliphatic hydroxyl groups excluding tert-OH is 3. The first-order chi connectivity index (χ1) is 44.2. The molecule has 14 N–H and O–H groups in total. The molecule has 31 heteroatoms. The second kappa shape index (κ2) is 32.5. The smallest absolute Gasteiger partial charge is 0.253 e. The van der Waals surface area contributed by atoms with E-state index >= 15 is 4.79 Å². The Morgan fingerprint density at radius 1 is 0.742 bits per heavy atom. The van der Waals surface area contributed by atoms with Gasteiger partial charge in [-0.25, -0.2) is 0 Å². The predicted molar refractivity (Wildman–Crippen MR) is 334 cm³/mol. The zero-order chi connectivity index (χ0) is 68.0. The zero-order valence-electron chi connectivity index (χ0n) is 52.3. The summed E-state index contributed by atoms with van der Waals surface area (Å²) < 4.78 is 0. The molecular formula is C62H81N13O17S. The molecule has 2 bridgehead atoms. The molecule has 4 aliphatic heterocycles. The van der Waals surface area contributed by atoms with E-state index in [-0.39, 0.29) is 44.0 Å². The van der Waals surface area contributed by atoms with Gasteiger partial charge in [-0.1, -0.05) is 78.3 Å². The maximum Gasteiger partial charge on any atom is 0.253 e. The molecule has 0 radical (unpaired) electrons. The number of para-hydroxylation sites is 1. The topological polar surface area (TPSA) is 442 Å². The van der Waals surface area contributed by atoms with Gasteiger partial charge in [0.25, 0.3) is 11.8 Å². The predicted octanol–water partition coefficient (Wildman–Crippen LogP) is -2.82. The van der Waals surface area contributed by atoms with Crippen molar-refractivity contribution in [2.45, 2.75) is 146 Å². The van der Waals surface area contributed by atoms with Gasteiger partial charge in [0.05, 0.1) is 49.4 Å². The minimum atomic E-state index is -1.83. The molecule has 5 heterocycles. The van der Waals surface area contributed by atoms with E-state index in [1.807, 2.05) is 0 Å². The number of amides is 13. The first kappa shape index (κ1) is 71.4. The lowest BCUT2D eigenvalue weighted by molar-refractivity contribution is -0.144. The lowest BCUT2D eigenvalue weighted by Crippen LogP contribution is -2.62. The summed E-state index contributed by atoms with van der Waals surface area (Å²) in [6.45, 7) is 6.56. The van der Waals surface area contributed by atoms with E-state index in [0.717, 1.165) is 33.7 Å². The minimum Gasteiger partial charge on any atom is -0.394 e. The van der Waals surface area contributed by atoms with Crippen molar-refractivity contribution in [2.24, 2.45) is 23.7 Å². The Bertz CT molecular complexity index is 3380. The summed E-state index contributed by atoms with van der Waals surface area (Å²) in [5.41, 5.74) is 1.75. The van der Waals surface area contributed by atoms with Crippen molar-refractivity contribution in [3.05, 3.63) is 71.8 Å². The van der Waals surface area contributed by atoms with Crippen LogP contribution in [0.5, 0.6) is 0 Å². The van der Waals surface area contributed by atoms with Crippen LogP contribution in [0.2, 0.25) is 0 Å². The molecule has 0 aliphatic carbocycles. The van der Waals surface area contributed by atoms with Crippen LogP contribution in [0, 0.1) is 23.7 Å². The summed E-state index contributed by atoms with van der Waals surface area (Å²) in [5.74, 6) is -14.4. The molecule has 3 aromatic rings. The highest BCUT2D eigenvalue weighted by Crippen LogP contribution is 2.32. The highest BCUT2D eigenvalue weighted by Gasteiger charge is 2.45. The molecule has 1 fully saturated rings. The molecule has 12 atom stereocenters. The highest BCUT2D eigenvalue weighted by molar-refractivity contribution is 7.99. The van der Waals surface area contributed by atoms with E-state index in [2.05, 4.69) is 58.2 Å². The number of aromatic amines is 1. The van der Waals surface area contributed by atoms with Gasteiger partial charge in [0.1, 0.15) is 36.3 Å². The first-order valence-corrected chi connectivity index (χ1v) is 31.7. The second-order valence-electron chi connectivity index (χ2n) is 24.0. The summed E-state index contributed by atoms with van der Waals surface area (Å²) in [4.78, 5) is 197. The van der Waals surface area contributed by atoms with E-state index in [9.17, 15) is 77.6 Å². The number of fused-ring (bicyclic) bond motifs is 5. The standard InChI is InChI=1S/C62H81N13O17S/c1-7-31(4)53-59(90)65-25-48(82)67-42-29-93-61-38(37-10-8-9-11-39(37)70-61)22-40(56(87)64-26-49(83)72-53)68-60(91)54(33(6)45(79)28-76)73-58(89)43-21-36(77)27-75(43)62(92)41(69-57(42)88)23-47(81)63-24-34-12-14-35(15-13-34)66-55(86)32(5)20-44(78)52(30(2)3)71-46(80)18-19-74-50(84)16-17-51(74)85/h8-17,30-33,36,40-43,45,52-54,70,76-77,79H,7,18-29H2,1-6H3,(H,63,81)(H,64,87)(H,65,90)(H,66,86)(H,67,82)(H,68,91)(H,69,88)(H,71,80)(H,72,83)(H,73,89)/t31-,32+,33-,36+,40+,41-,42-,43-,45-,52-,53-,54-/m0/s1. The average molecular weight is 1310 g/mol. The van der Waals surface area contributed by atoms with Crippen molar-refractivity contribution in [3.8, 4) is 0 Å². The Kier molecular flexibility index (Phi) is 24.9. The van der Waals surface area contributed by atoms with Gasteiger partial charge < -0.3 is 78.4 Å². The van der Waals surface area contributed by atoms with E-state index < -0.39 is 194 Å². The Morgan fingerprint density at radius 2 is 1.41 bits per heavy atom. The number of H-pyrrole nitrogens is 1. The maximum absolute atomic E-state index is 15.0. The number of carbonyl (C=O) groups is 14. The fourth-order valence-electron chi connectivity index (χ4n) is 11.0. The van der Waals surface area contributed by atoms with Crippen LogP contribution in [-0.4, -0.2) is 206 Å². The normalized spacial score (nSPS) is 23.8. The van der Waals surface area contributed by atoms with Gasteiger partial charge in [-0.05, 0) is 41.2 Å². The second-order valence-corrected chi connectivity index (χ2v) is 25.1. The van der Waals surface area contributed by atoms with Crippen LogP contribution in [0.15, 0.2) is 65.7 Å². The van der Waals surface area contributed by atoms with E-state index in [4.69, 9.17) is 0 Å². The third-order valence-electron chi connectivity index (χ3n) is 16.7. The van der Waals surface area contributed by atoms with Gasteiger partial charge in [0.2, 0.25) is 65.0 Å². The molecular weight excluding hydrogens is 1230 g/mol. The van der Waals surface area contributed by atoms with Crippen LogP contribution in [0.25, 0.3) is 10.9 Å². The van der Waals surface area contributed by atoms with Gasteiger partial charge in [-0.15, -0.1) is 11.8 Å². The number of nitrogens with zero attached hydrogens (tertiary/aromatic N) is 2. The molecule has 1 aromatic heterocycles. The number of rotatable bonds is 19. The van der Waals surface area contributed by atoms with Crippen molar-refractivity contribution < 1.29 is 82.4 Å². The number of hydrogen-bond donors (Lipinski definition) is 14. The summed E-state index contributed by atoms with van der Waals surface area (Å²) in [6, 6.07) is 2.54. The van der Waals surface area contributed by atoms with Gasteiger partial charge in [-0.3, -0.25) is 72.0 Å². The fraction of sp³-hybridized carbons (Fsp3) is 0.516. The Balaban J connectivity index is 1.14. The van der Waals surface area contributed by atoms with Crippen LogP contribution >= 0.6 is 11.8 Å². The molecule has 1 saturated heterocycles. The Morgan fingerprint density at radius 3 is 2.08 bits per heavy atom. The molecule has 502 valence electrons. The SMILES string of the molecule is CC[C@H](C)[C@@H]1NC(=O)CNC(=O)[C@H]2Cc3c([nH]c4ccccc34)SC[C@H](NC(=O)CNC1=O)C(=O)N[C@@H](CC(=O)NCc1ccc(NC(=O)[C@H](C)CC(=O)[C@@H](NC(=O)CCN3C(=O)C=CC3=O)C(C)C)cc1)C(=O)N1C[C@H](O)C[C@H]1C(=O)N[C@@H]([C@@H](C)[C@@H](O)CO)C(=O)N2. The molecule has 13 amide bonds. The Labute approximate surface area is 539 Å². The van der Waals surface area contributed by atoms with Crippen molar-refractivity contribution in [1.29, 1.82) is 0 Å². The van der Waals surface area contributed by atoms with Crippen molar-refractivity contribution in [1.82, 2.24) is 62.6 Å². The van der Waals surface area contributed by atoms with Gasteiger partial charge in [0, 0.05) is 91.6 Å². The number of hydrogen-bond acceptors (Lipinski definition) is 18. The number of anilines is 1. The summed E-state index contributed by atoms with van der Waals surface area (Å²) in [6.07, 6.45) is -2.48. The third kappa shape index (κ3) is 18.8. The molecule has 93 heavy (non-hydrogen) atoms. The van der Waals surface area contributed by atoms with E-state index in [1.165, 1.54) is 26.0 Å². The first-order valence-electron chi connectivity index (χ1n) is 30.7. The Hall–Kier alpha value is -9.07. The highest BCUT2D eigenvalue weighted by atomic mass is 32.2. The fourth-order valence-corrected chi connectivity index (χ4v) is 12.1. The number of imide groups is 1. The summed E-state index contributed by atoms with van der Waals surface area (Å²) in [5, 5.41) is 59.1. The van der Waals surface area contributed by atoms with Crippen LogP contribution in [0.3, 0.4) is 0 Å². The molecule has 7 rings (SSSR count). The lowest BCUT2D eigenvalue weighted by atomic mass is 9.92. The average Bonchev–Trinajstić information content (AvgIpc) is 1.70. The molecule has 2 aromatic carbocycles. The summed E-state index contributed by atoms with van der Waals surface area (Å²) in [7, 11) is 0. The molecule has 30 nitrogen and oxygen atoms in total. The number of Topliss-reactive ketones (excluding diaryl/α,β-unsaturated/α-hetero) is 1. The molecule has 0 spiro atoms. The van der Waals surface area contributed by atoms with Crippen molar-refractivity contribution >= 4 is 111 Å². The lowest BCUT2D eigenvalue weighted by Gasteiger charge is -2.33. The van der Waals surface area contributed by atoms with Crippen LogP contribution in [0.1, 0.15) is 84.8 Å². The monoisotopic (exact) mass is 1310 g/mol. The number of ketones is 1. The number of benzene rings is 2. The van der Waals surface area contributed by atoms with Crippen LogP contribution < -0.4 is 53.2 Å². The maximum atomic E-state index is 15.0. The third-order valence-corrected chi connectivity index (χ3v) is 17.9. The van der Waals surface area contributed by atoms with Crippen molar-refractivity contribution in [2.75, 3.05) is 43.9 Å². The van der Waals surface area contributed by atoms with Gasteiger partial charge in [0.15, 0.2) is 5.78 Å². The van der Waals surface area contributed by atoms with Crippen LogP contribution in [-0.2, 0) is 80.1 Å². The zero-order valence-corrected chi connectivity index (χ0v) is 53.1. The number of aliphatic hydroxyl groups is 3. The van der Waals surface area contributed by atoms with Gasteiger partial charge in [-0.2, -0.15) is 0 Å². The number of aromatic nitrogens is 1. The van der Waals surface area contributed by atoms with E-state index in [1.54, 1.807) is 64.1 Å². The minimum absolute atomic E-state index is 0.177. The number of nitrogens with one attached hydrogen (secondary N) is 11. The van der Waals surface area contributed by atoms with Crippen molar-refractivity contribution in [3.63, 3.8) is 0 Å². The number of thioether (sulfide) groups is 1. The molecule has 0 saturated carbocycles. The molecule has 0 unspecified atom stereocenters. The molecule has 4 aliphatic rings. The van der Waals surface area contributed by atoms with Gasteiger partial charge >= 0.3 is 0 Å². The van der Waals surface area contributed by atoms with E-state index in [0.29, 0.717) is 39.2 Å². The number of carbonyl (C=O) groups excluding carboxylic acids is 14. The summed E-state index contributed by atoms with van der Waals surface area (Å²) >= 11 is 0.992. The van der Waals surface area contributed by atoms with Crippen LogP contribution in [0.4, 0.5) is 5.69 Å². The largest absolute Gasteiger partial charge is 0.394 e. The quantitative estimate of drug-likeness (QED) is 0.0538.